The summed E-state index contributed by atoms with van der Waals surface area (Å²) in [6.45, 7) is 6.77. The topological polar surface area (TPSA) is 9.23 Å². The normalized spacial score (nSPS) is 27.8. The van der Waals surface area contributed by atoms with Crippen LogP contribution in [0.15, 0.2) is 66.2 Å². The summed E-state index contributed by atoms with van der Waals surface area (Å²) in [6.07, 6.45) is 3.51. The van der Waals surface area contributed by atoms with E-state index in [2.05, 4.69) is 81.4 Å². The maximum absolute atomic E-state index is 6.57. The van der Waals surface area contributed by atoms with Crippen LogP contribution in [0.5, 0.6) is 5.75 Å². The second-order valence-corrected chi connectivity index (χ2v) is 7.53. The number of rotatable bonds is 1. The van der Waals surface area contributed by atoms with Crippen LogP contribution >= 0.6 is 0 Å². The van der Waals surface area contributed by atoms with Crippen LogP contribution in [-0.4, -0.2) is 0 Å². The minimum Gasteiger partial charge on any atom is -0.477 e. The molecule has 1 nitrogen and oxygen atoms in total. The lowest BCUT2D eigenvalue weighted by atomic mass is 9.59. The molecule has 2 unspecified atom stereocenters. The van der Waals surface area contributed by atoms with Crippen LogP contribution in [-0.2, 0) is 5.60 Å². The first-order valence-electron chi connectivity index (χ1n) is 8.06. The van der Waals surface area contributed by atoms with E-state index < -0.39 is 0 Å². The third-order valence-electron chi connectivity index (χ3n) is 4.77. The first-order valence-corrected chi connectivity index (χ1v) is 8.06. The summed E-state index contributed by atoms with van der Waals surface area (Å²) in [4.78, 5) is 0. The first kappa shape index (κ1) is 13.6. The van der Waals surface area contributed by atoms with Gasteiger partial charge < -0.3 is 4.74 Å². The molecule has 0 spiro atoms. The first-order chi connectivity index (χ1) is 10.5. The Labute approximate surface area is 132 Å². The molecule has 2 atom stereocenters. The summed E-state index contributed by atoms with van der Waals surface area (Å²) in [6, 6.07) is 19.2. The Balaban J connectivity index is 1.87. The number of ether oxygens (including phenoxy) is 1. The van der Waals surface area contributed by atoms with E-state index >= 15 is 0 Å². The summed E-state index contributed by atoms with van der Waals surface area (Å²) in [5.41, 5.74) is 3.95. The van der Waals surface area contributed by atoms with E-state index in [-0.39, 0.29) is 11.0 Å². The molecule has 1 heteroatoms. The molecule has 2 aromatic carbocycles. The van der Waals surface area contributed by atoms with E-state index in [1.165, 1.54) is 16.7 Å². The number of hydrogen-bond donors (Lipinski definition) is 0. The Morgan fingerprint density at radius 3 is 2.41 bits per heavy atom. The van der Waals surface area contributed by atoms with Gasteiger partial charge in [-0.1, -0.05) is 75.4 Å². The Kier molecular flexibility index (Phi) is 2.78. The van der Waals surface area contributed by atoms with Crippen LogP contribution in [0.2, 0.25) is 0 Å². The summed E-state index contributed by atoms with van der Waals surface area (Å²) < 4.78 is 6.57. The highest BCUT2D eigenvalue weighted by Crippen LogP contribution is 2.65. The van der Waals surface area contributed by atoms with E-state index in [0.29, 0.717) is 5.92 Å². The minimum atomic E-state index is -0.280. The average Bonchev–Trinajstić information content (AvgIpc) is 2.75. The van der Waals surface area contributed by atoms with Gasteiger partial charge in [0.15, 0.2) is 5.60 Å². The molecule has 1 saturated carbocycles. The van der Waals surface area contributed by atoms with Crippen molar-refractivity contribution in [1.82, 2.24) is 0 Å². The Bertz CT molecular complexity index is 736. The van der Waals surface area contributed by atoms with Gasteiger partial charge in [0.05, 0.1) is 0 Å². The van der Waals surface area contributed by atoms with Gasteiger partial charge in [0.25, 0.3) is 0 Å². The molecule has 0 amide bonds. The third kappa shape index (κ3) is 1.85. The largest absolute Gasteiger partial charge is 0.477 e. The standard InChI is InChI=1S/C21H22O/c1-20(2,3)14-16-13-18-17-11-7-8-12-19(17)22-21(16,18)15-9-5-4-6-10-15/h4-12,14,18H,13H2,1-3H3/b16-14+. The lowest BCUT2D eigenvalue weighted by Crippen LogP contribution is -2.46. The summed E-state index contributed by atoms with van der Waals surface area (Å²) in [7, 11) is 0. The number of fused-ring (bicyclic) bond motifs is 3. The number of hydrogen-bond acceptors (Lipinski definition) is 1. The molecular weight excluding hydrogens is 268 g/mol. The predicted molar refractivity (Wildman–Crippen MR) is 90.1 cm³/mol. The molecule has 1 fully saturated rings. The lowest BCUT2D eigenvalue weighted by molar-refractivity contribution is 0.0542. The van der Waals surface area contributed by atoms with Crippen molar-refractivity contribution >= 4 is 0 Å². The maximum Gasteiger partial charge on any atom is 0.162 e. The Morgan fingerprint density at radius 1 is 1.00 bits per heavy atom. The van der Waals surface area contributed by atoms with Gasteiger partial charge in [-0.2, -0.15) is 0 Å². The van der Waals surface area contributed by atoms with Gasteiger partial charge in [0, 0.05) is 17.0 Å². The van der Waals surface area contributed by atoms with E-state index in [0.717, 1.165) is 12.2 Å². The molecule has 0 aromatic heterocycles. The summed E-state index contributed by atoms with van der Waals surface area (Å²) in [5, 5.41) is 0. The predicted octanol–water partition coefficient (Wildman–Crippen LogP) is 5.43. The van der Waals surface area contributed by atoms with Gasteiger partial charge in [-0.05, 0) is 23.5 Å². The van der Waals surface area contributed by atoms with Gasteiger partial charge in [0.1, 0.15) is 5.75 Å². The highest BCUT2D eigenvalue weighted by Gasteiger charge is 2.60. The molecule has 1 heterocycles. The fraction of sp³-hybridized carbons (Fsp3) is 0.333. The van der Waals surface area contributed by atoms with Crippen molar-refractivity contribution in [2.24, 2.45) is 5.41 Å². The lowest BCUT2D eigenvalue weighted by Gasteiger charge is -2.47. The van der Waals surface area contributed by atoms with Gasteiger partial charge >= 0.3 is 0 Å². The molecule has 0 N–H and O–H groups in total. The molecule has 0 bridgehead atoms. The quantitative estimate of drug-likeness (QED) is 0.636. The molecule has 1 aliphatic heterocycles. The molecular formula is C21H22O. The second-order valence-electron chi connectivity index (χ2n) is 7.53. The van der Waals surface area contributed by atoms with Crippen molar-refractivity contribution in [2.45, 2.75) is 38.7 Å². The summed E-state index contributed by atoms with van der Waals surface area (Å²) in [5.74, 6) is 1.49. The minimum absolute atomic E-state index is 0.167. The van der Waals surface area contributed by atoms with E-state index in [9.17, 15) is 0 Å². The second kappa shape index (κ2) is 4.49. The molecule has 0 radical (unpaired) electrons. The van der Waals surface area contributed by atoms with Crippen molar-refractivity contribution < 1.29 is 4.74 Å². The zero-order valence-electron chi connectivity index (χ0n) is 13.5. The molecule has 4 rings (SSSR count). The maximum atomic E-state index is 6.57. The molecule has 112 valence electrons. The van der Waals surface area contributed by atoms with Crippen molar-refractivity contribution in [3.05, 3.63) is 77.4 Å². The van der Waals surface area contributed by atoms with Crippen LogP contribution in [0, 0.1) is 5.41 Å². The Hall–Kier alpha value is -2.02. The third-order valence-corrected chi connectivity index (χ3v) is 4.77. The number of para-hydroxylation sites is 1. The molecule has 22 heavy (non-hydrogen) atoms. The van der Waals surface area contributed by atoms with Crippen molar-refractivity contribution in [3.63, 3.8) is 0 Å². The van der Waals surface area contributed by atoms with Crippen molar-refractivity contribution in [2.75, 3.05) is 0 Å². The van der Waals surface area contributed by atoms with Crippen molar-refractivity contribution in [1.29, 1.82) is 0 Å². The monoisotopic (exact) mass is 290 g/mol. The molecule has 1 aliphatic carbocycles. The van der Waals surface area contributed by atoms with E-state index in [4.69, 9.17) is 4.74 Å². The molecule has 2 aliphatic rings. The SMILES string of the molecule is CC(C)(C)/C=C1\CC2c3ccccc3OC12c1ccccc1. The van der Waals surface area contributed by atoms with Crippen LogP contribution in [0.1, 0.15) is 44.2 Å². The fourth-order valence-electron chi connectivity index (χ4n) is 3.93. The van der Waals surface area contributed by atoms with Gasteiger partial charge in [-0.3, -0.25) is 0 Å². The smallest absolute Gasteiger partial charge is 0.162 e. The van der Waals surface area contributed by atoms with Crippen LogP contribution in [0.4, 0.5) is 0 Å². The van der Waals surface area contributed by atoms with Crippen LogP contribution in [0.3, 0.4) is 0 Å². The number of benzene rings is 2. The highest BCUT2D eigenvalue weighted by molar-refractivity contribution is 5.57. The van der Waals surface area contributed by atoms with E-state index in [1.54, 1.807) is 0 Å². The van der Waals surface area contributed by atoms with Gasteiger partial charge in [-0.25, -0.2) is 0 Å². The molecule has 0 saturated heterocycles. The van der Waals surface area contributed by atoms with Gasteiger partial charge in [-0.15, -0.1) is 0 Å². The molecule has 2 aromatic rings. The Morgan fingerprint density at radius 2 is 1.68 bits per heavy atom. The average molecular weight is 290 g/mol. The number of allylic oxidation sites excluding steroid dienone is 1. The van der Waals surface area contributed by atoms with Crippen LogP contribution in [0.25, 0.3) is 0 Å². The zero-order valence-corrected chi connectivity index (χ0v) is 13.5. The fourth-order valence-corrected chi connectivity index (χ4v) is 3.93. The highest BCUT2D eigenvalue weighted by atomic mass is 16.5. The van der Waals surface area contributed by atoms with Gasteiger partial charge in [0.2, 0.25) is 0 Å². The zero-order chi connectivity index (χ0) is 15.4. The van der Waals surface area contributed by atoms with Crippen molar-refractivity contribution in [3.8, 4) is 5.75 Å². The summed E-state index contributed by atoms with van der Waals surface area (Å²) >= 11 is 0. The van der Waals surface area contributed by atoms with E-state index in [1.807, 2.05) is 0 Å². The van der Waals surface area contributed by atoms with Crippen LogP contribution < -0.4 is 4.74 Å².